The molecule has 0 saturated heterocycles. The second kappa shape index (κ2) is 8.32. The minimum Gasteiger partial charge on any atom is -0.345 e. The van der Waals surface area contributed by atoms with Gasteiger partial charge < -0.3 is 10.6 Å². The Kier molecular flexibility index (Phi) is 6.41. The average molecular weight is 346 g/mol. The molecule has 0 unspecified atom stereocenters. The SMILES string of the molecule is Cc1ccc([C@@H](C)NC(=O)C[NH2+][C@H](C)c2ccccc2Cl)cc1C. The van der Waals surface area contributed by atoms with Gasteiger partial charge in [0, 0.05) is 10.6 Å². The fourth-order valence-electron chi connectivity index (χ4n) is 2.67. The minimum atomic E-state index is 0.000759. The van der Waals surface area contributed by atoms with Gasteiger partial charge in [-0.1, -0.05) is 48.0 Å². The Hall–Kier alpha value is -1.84. The Balaban J connectivity index is 1.88. The summed E-state index contributed by atoms with van der Waals surface area (Å²) in [6, 6.07) is 14.2. The van der Waals surface area contributed by atoms with Crippen molar-refractivity contribution in [1.29, 1.82) is 0 Å². The molecule has 0 aliphatic carbocycles. The molecule has 0 saturated carbocycles. The summed E-state index contributed by atoms with van der Waals surface area (Å²) in [4.78, 5) is 12.2. The van der Waals surface area contributed by atoms with Gasteiger partial charge >= 0.3 is 0 Å². The first-order valence-corrected chi connectivity index (χ1v) is 8.70. The van der Waals surface area contributed by atoms with E-state index < -0.39 is 0 Å². The van der Waals surface area contributed by atoms with E-state index in [-0.39, 0.29) is 18.0 Å². The van der Waals surface area contributed by atoms with Crippen molar-refractivity contribution in [2.75, 3.05) is 6.54 Å². The third kappa shape index (κ3) is 4.83. The number of quaternary nitrogens is 1. The van der Waals surface area contributed by atoms with Crippen molar-refractivity contribution in [2.45, 2.75) is 39.8 Å². The predicted molar refractivity (Wildman–Crippen MR) is 99.1 cm³/mol. The lowest BCUT2D eigenvalue weighted by atomic mass is 10.0. The normalized spacial score (nSPS) is 13.4. The van der Waals surface area contributed by atoms with Crippen molar-refractivity contribution in [3.8, 4) is 0 Å². The topological polar surface area (TPSA) is 45.7 Å². The molecule has 4 heteroatoms. The van der Waals surface area contributed by atoms with E-state index in [4.69, 9.17) is 11.6 Å². The van der Waals surface area contributed by atoms with Crippen molar-refractivity contribution < 1.29 is 10.1 Å². The molecule has 1 amide bonds. The zero-order chi connectivity index (χ0) is 17.7. The average Bonchev–Trinajstić information content (AvgIpc) is 2.55. The van der Waals surface area contributed by atoms with E-state index in [2.05, 4.69) is 44.3 Å². The Morgan fingerprint density at radius 3 is 2.50 bits per heavy atom. The summed E-state index contributed by atoms with van der Waals surface area (Å²) in [5.41, 5.74) is 4.69. The van der Waals surface area contributed by atoms with Crippen molar-refractivity contribution in [2.24, 2.45) is 0 Å². The fraction of sp³-hybridized carbons (Fsp3) is 0.350. The van der Waals surface area contributed by atoms with Crippen LogP contribution in [0, 0.1) is 13.8 Å². The first-order chi connectivity index (χ1) is 11.4. The van der Waals surface area contributed by atoms with Gasteiger partial charge in [-0.2, -0.15) is 0 Å². The summed E-state index contributed by atoms with van der Waals surface area (Å²) in [5.74, 6) is 0.0274. The lowest BCUT2D eigenvalue weighted by Crippen LogP contribution is -2.87. The number of hydrogen-bond donors (Lipinski definition) is 2. The van der Waals surface area contributed by atoms with E-state index >= 15 is 0 Å². The van der Waals surface area contributed by atoms with E-state index in [0.717, 1.165) is 16.1 Å². The molecule has 24 heavy (non-hydrogen) atoms. The first kappa shape index (κ1) is 18.5. The highest BCUT2D eigenvalue weighted by Crippen LogP contribution is 2.19. The molecule has 0 aromatic heterocycles. The molecule has 0 spiro atoms. The predicted octanol–water partition coefficient (Wildman–Crippen LogP) is 3.46. The molecule has 0 radical (unpaired) electrons. The molecule has 0 fully saturated rings. The molecule has 0 heterocycles. The van der Waals surface area contributed by atoms with Crippen molar-refractivity contribution in [3.63, 3.8) is 0 Å². The second-order valence-electron chi connectivity index (χ2n) is 6.38. The third-order valence-corrected chi connectivity index (χ3v) is 4.81. The maximum absolute atomic E-state index is 12.2. The largest absolute Gasteiger partial charge is 0.345 e. The number of nitrogens with one attached hydrogen (secondary N) is 1. The summed E-state index contributed by atoms with van der Waals surface area (Å²) >= 11 is 6.21. The first-order valence-electron chi connectivity index (χ1n) is 8.32. The second-order valence-corrected chi connectivity index (χ2v) is 6.79. The van der Waals surface area contributed by atoms with E-state index in [1.54, 1.807) is 0 Å². The Bertz CT molecular complexity index is 715. The van der Waals surface area contributed by atoms with Gasteiger partial charge in [-0.15, -0.1) is 0 Å². The standard InChI is InChI=1S/C20H25ClN2O/c1-13-9-10-17(11-14(13)2)15(3)23-20(24)12-22-16(4)18-7-5-6-8-19(18)21/h5-11,15-16,22H,12H2,1-4H3,(H,23,24)/p+1/t15-,16-/m1/s1. The molecule has 0 aliphatic rings. The zero-order valence-electron chi connectivity index (χ0n) is 14.8. The van der Waals surface area contributed by atoms with Crippen molar-refractivity contribution >= 4 is 17.5 Å². The van der Waals surface area contributed by atoms with Gasteiger partial charge in [0.1, 0.15) is 6.04 Å². The number of benzene rings is 2. The smallest absolute Gasteiger partial charge is 0.275 e. The van der Waals surface area contributed by atoms with Gasteiger partial charge in [0.25, 0.3) is 5.91 Å². The highest BCUT2D eigenvalue weighted by Gasteiger charge is 2.16. The number of carbonyl (C=O) groups is 1. The van der Waals surface area contributed by atoms with Crippen LogP contribution < -0.4 is 10.6 Å². The van der Waals surface area contributed by atoms with Gasteiger partial charge in [-0.25, -0.2) is 0 Å². The van der Waals surface area contributed by atoms with E-state index in [1.165, 1.54) is 11.1 Å². The van der Waals surface area contributed by atoms with Crippen LogP contribution in [0.3, 0.4) is 0 Å². The Morgan fingerprint density at radius 1 is 1.12 bits per heavy atom. The molecular weight excluding hydrogens is 320 g/mol. The van der Waals surface area contributed by atoms with Gasteiger partial charge in [0.2, 0.25) is 0 Å². The summed E-state index contributed by atoms with van der Waals surface area (Å²) in [6.07, 6.45) is 0. The molecule has 0 bridgehead atoms. The molecular formula is C20H26ClN2O+. The van der Waals surface area contributed by atoms with Gasteiger partial charge in [-0.3, -0.25) is 4.79 Å². The minimum absolute atomic E-state index is 0.000759. The lowest BCUT2D eigenvalue weighted by molar-refractivity contribution is -0.682. The lowest BCUT2D eigenvalue weighted by Gasteiger charge is -2.17. The van der Waals surface area contributed by atoms with Crippen LogP contribution in [0.1, 0.15) is 48.2 Å². The van der Waals surface area contributed by atoms with E-state index in [0.29, 0.717) is 6.54 Å². The van der Waals surface area contributed by atoms with Crippen molar-refractivity contribution in [1.82, 2.24) is 5.32 Å². The Labute approximate surface area is 149 Å². The van der Waals surface area contributed by atoms with Crippen LogP contribution in [0.4, 0.5) is 0 Å². The maximum atomic E-state index is 12.2. The number of nitrogens with two attached hydrogens (primary N) is 1. The number of carbonyl (C=O) groups excluding carboxylic acids is 1. The summed E-state index contributed by atoms with van der Waals surface area (Å²) in [6.45, 7) is 8.63. The van der Waals surface area contributed by atoms with Crippen LogP contribution in [0.5, 0.6) is 0 Å². The van der Waals surface area contributed by atoms with E-state index in [9.17, 15) is 4.79 Å². The fourth-order valence-corrected chi connectivity index (χ4v) is 2.98. The van der Waals surface area contributed by atoms with Crippen LogP contribution in [0.2, 0.25) is 5.02 Å². The van der Waals surface area contributed by atoms with Crippen LogP contribution in [-0.4, -0.2) is 12.5 Å². The Morgan fingerprint density at radius 2 is 1.83 bits per heavy atom. The molecule has 2 aromatic rings. The van der Waals surface area contributed by atoms with Crippen LogP contribution in [-0.2, 0) is 4.79 Å². The molecule has 2 rings (SSSR count). The zero-order valence-corrected chi connectivity index (χ0v) is 15.5. The molecule has 0 aliphatic heterocycles. The number of amides is 1. The van der Waals surface area contributed by atoms with E-state index in [1.807, 2.05) is 36.5 Å². The molecule has 2 atom stereocenters. The van der Waals surface area contributed by atoms with Crippen LogP contribution in [0.25, 0.3) is 0 Å². The summed E-state index contributed by atoms with van der Waals surface area (Å²) in [7, 11) is 0. The quantitative estimate of drug-likeness (QED) is 0.827. The van der Waals surface area contributed by atoms with Gasteiger partial charge in [0.15, 0.2) is 6.54 Å². The van der Waals surface area contributed by atoms with Crippen molar-refractivity contribution in [3.05, 3.63) is 69.7 Å². The summed E-state index contributed by atoms with van der Waals surface area (Å²) in [5, 5.41) is 5.81. The molecule has 128 valence electrons. The number of aryl methyl sites for hydroxylation is 2. The van der Waals surface area contributed by atoms with Crippen LogP contribution >= 0.6 is 11.6 Å². The highest BCUT2D eigenvalue weighted by atomic mass is 35.5. The van der Waals surface area contributed by atoms with Gasteiger partial charge in [0.05, 0.1) is 6.04 Å². The third-order valence-electron chi connectivity index (χ3n) is 4.46. The number of rotatable bonds is 6. The monoisotopic (exact) mass is 345 g/mol. The molecule has 2 aromatic carbocycles. The summed E-state index contributed by atoms with van der Waals surface area (Å²) < 4.78 is 0. The molecule has 3 nitrogen and oxygen atoms in total. The maximum Gasteiger partial charge on any atom is 0.275 e. The van der Waals surface area contributed by atoms with Gasteiger partial charge in [-0.05, 0) is 50.5 Å². The van der Waals surface area contributed by atoms with Crippen LogP contribution in [0.15, 0.2) is 42.5 Å². The highest BCUT2D eigenvalue weighted by molar-refractivity contribution is 6.31. The molecule has 3 N–H and O–H groups in total. The number of hydrogen-bond acceptors (Lipinski definition) is 1. The number of halogens is 1.